The van der Waals surface area contributed by atoms with Crippen LogP contribution in [0.1, 0.15) is 40.1 Å². The molecule has 10 N–H and O–H groups in total. The van der Waals surface area contributed by atoms with E-state index in [0.717, 1.165) is 61.3 Å². The van der Waals surface area contributed by atoms with Crippen molar-refractivity contribution < 1.29 is 4.79 Å². The molecule has 4 aromatic carbocycles. The summed E-state index contributed by atoms with van der Waals surface area (Å²) < 4.78 is 0. The molecule has 9 nitrogen and oxygen atoms in total. The van der Waals surface area contributed by atoms with Gasteiger partial charge in [0.05, 0.1) is 22.8 Å². The molecule has 9 rings (SSSR count). The summed E-state index contributed by atoms with van der Waals surface area (Å²) in [5.41, 5.74) is 37.3. The predicted octanol–water partition coefficient (Wildman–Crippen LogP) is 8.20. The molecular weight excluding hydrogens is 681 g/mol. The van der Waals surface area contributed by atoms with Crippen LogP contribution in [0.15, 0.2) is 140 Å². The first kappa shape index (κ1) is 34.0. The van der Waals surface area contributed by atoms with Gasteiger partial charge in [0.25, 0.3) is 0 Å². The number of aromatic amines is 2. The van der Waals surface area contributed by atoms with Crippen molar-refractivity contribution in [3.63, 3.8) is 0 Å². The van der Waals surface area contributed by atoms with Crippen LogP contribution in [-0.4, -0.2) is 25.7 Å². The molecule has 55 heavy (non-hydrogen) atoms. The zero-order valence-corrected chi connectivity index (χ0v) is 30.0. The smallest absolute Gasteiger partial charge is 0.159 e. The quantitative estimate of drug-likeness (QED) is 0.0767. The highest BCUT2D eigenvalue weighted by Crippen LogP contribution is 2.44. The Morgan fingerprint density at radius 1 is 0.455 bits per heavy atom. The summed E-state index contributed by atoms with van der Waals surface area (Å²) >= 11 is 0. The van der Waals surface area contributed by atoms with E-state index in [1.165, 1.54) is 0 Å². The maximum absolute atomic E-state index is 12.3. The van der Waals surface area contributed by atoms with Crippen molar-refractivity contribution in [1.82, 2.24) is 19.9 Å². The van der Waals surface area contributed by atoms with Gasteiger partial charge in [0.2, 0.25) is 0 Å². The van der Waals surface area contributed by atoms with Gasteiger partial charge in [-0.05, 0) is 65.6 Å². The minimum Gasteiger partial charge on any atom is -0.354 e. The normalized spacial score (nSPS) is 14.2. The zero-order valence-electron chi connectivity index (χ0n) is 30.0. The van der Waals surface area contributed by atoms with Crippen LogP contribution in [-0.2, 0) is 11.3 Å². The number of benzene rings is 4. The summed E-state index contributed by atoms with van der Waals surface area (Å²) in [5.74, 6) is -0.0101. The molecule has 2 aliphatic rings. The summed E-state index contributed by atoms with van der Waals surface area (Å²) in [4.78, 5) is 30.2. The number of carbonyl (C=O) groups excluding carboxylic acids is 1. The van der Waals surface area contributed by atoms with Crippen LogP contribution in [0.3, 0.4) is 0 Å². The molecule has 0 saturated heterocycles. The van der Waals surface area contributed by atoms with E-state index >= 15 is 0 Å². The molecule has 7 aromatic rings. The van der Waals surface area contributed by atoms with Gasteiger partial charge in [0.1, 0.15) is 11.3 Å². The Morgan fingerprint density at radius 2 is 0.800 bits per heavy atom. The van der Waals surface area contributed by atoms with E-state index in [4.69, 9.17) is 32.9 Å². The third-order valence-corrected chi connectivity index (χ3v) is 10.5. The first-order valence-corrected chi connectivity index (χ1v) is 18.0. The molecule has 8 bridgehead atoms. The molecule has 5 heterocycles. The van der Waals surface area contributed by atoms with Gasteiger partial charge in [-0.25, -0.2) is 9.97 Å². The van der Waals surface area contributed by atoms with Gasteiger partial charge < -0.3 is 32.9 Å². The number of H-pyrrole nitrogens is 2. The highest BCUT2D eigenvalue weighted by molar-refractivity contribution is 5.99. The summed E-state index contributed by atoms with van der Waals surface area (Å²) in [6.07, 6.45) is 4.07. The Morgan fingerprint density at radius 3 is 1.18 bits per heavy atom. The van der Waals surface area contributed by atoms with Crippen molar-refractivity contribution >= 4 is 40.0 Å². The van der Waals surface area contributed by atoms with Crippen molar-refractivity contribution in [2.75, 3.05) is 0 Å². The third-order valence-electron chi connectivity index (χ3n) is 10.5. The molecular formula is C46H38N8O. The highest BCUT2D eigenvalue weighted by Gasteiger charge is 2.52. The lowest BCUT2D eigenvalue weighted by molar-refractivity contribution is 0.101. The third kappa shape index (κ3) is 5.62. The topological polar surface area (TPSA) is 179 Å². The number of rotatable bonds is 5. The SMILES string of the molecule is CC(=O)c1ccc(-c2c3nc(c(-c4ccccc4)c4ccc([nH]4)c(-c4ccccc4)c4nc(c(-c5ccccc5)c5ccc2[nH]5)C(N)(N)C4(N)N)C=C3)cc1. The number of carbonyl (C=O) groups is 1. The van der Waals surface area contributed by atoms with Gasteiger partial charge in [-0.2, -0.15) is 0 Å². The standard InChI is InChI=1S/C46H38N8O/c1-27(55)28-17-19-32(20-18-28)40-35-22-21-33(51-35)39(29-11-5-2-6-12-29)34-23-25-37(52-34)41(30-13-7-3-8-14-30)43-45(47,48)46(49,50)44(54-43)42(31-15-9-4-10-16-31)38-26-24-36(40)53-38/h2-26,52-53H,47-50H2,1H3. The number of nitrogens with two attached hydrogens (primary N) is 4. The summed E-state index contributed by atoms with van der Waals surface area (Å²) in [5, 5.41) is 0. The number of Topliss-reactive ketones (excluding diaryl/α,β-unsaturated/α-hetero) is 1. The summed E-state index contributed by atoms with van der Waals surface area (Å²) in [6, 6.07) is 45.4. The molecule has 3 aromatic heterocycles. The van der Waals surface area contributed by atoms with Gasteiger partial charge in [-0.3, -0.25) is 4.79 Å². The van der Waals surface area contributed by atoms with Crippen LogP contribution in [0.2, 0.25) is 0 Å². The van der Waals surface area contributed by atoms with E-state index in [0.29, 0.717) is 33.6 Å². The molecule has 0 aliphatic carbocycles. The van der Waals surface area contributed by atoms with E-state index in [1.54, 1.807) is 6.92 Å². The molecule has 9 heteroatoms. The van der Waals surface area contributed by atoms with Crippen molar-refractivity contribution in [2.24, 2.45) is 22.9 Å². The van der Waals surface area contributed by atoms with Crippen molar-refractivity contribution in [3.8, 4) is 44.5 Å². The van der Waals surface area contributed by atoms with Crippen molar-refractivity contribution in [3.05, 3.63) is 168 Å². The minimum absolute atomic E-state index is 0.0101. The maximum atomic E-state index is 12.3. The van der Waals surface area contributed by atoms with Crippen LogP contribution < -0.4 is 22.9 Å². The molecule has 0 radical (unpaired) electrons. The number of nitrogens with zero attached hydrogens (tertiary/aromatic N) is 2. The molecule has 0 spiro atoms. The summed E-state index contributed by atoms with van der Waals surface area (Å²) in [6.45, 7) is 1.56. The minimum atomic E-state index is -1.82. The van der Waals surface area contributed by atoms with Gasteiger partial charge >= 0.3 is 0 Å². The Balaban J connectivity index is 1.52. The molecule has 0 unspecified atom stereocenters. The monoisotopic (exact) mass is 718 g/mol. The van der Waals surface area contributed by atoms with E-state index < -0.39 is 11.3 Å². The number of ketones is 1. The number of aromatic nitrogens is 4. The average Bonchev–Trinajstić information content (AvgIpc) is 4.01. The molecule has 0 amide bonds. The maximum Gasteiger partial charge on any atom is 0.159 e. The Hall–Kier alpha value is -6.75. The molecule has 2 aliphatic heterocycles. The summed E-state index contributed by atoms with van der Waals surface area (Å²) in [7, 11) is 0. The number of hydrogen-bond acceptors (Lipinski definition) is 7. The zero-order chi connectivity index (χ0) is 37.9. The van der Waals surface area contributed by atoms with Gasteiger partial charge in [0, 0.05) is 49.9 Å². The van der Waals surface area contributed by atoms with Gasteiger partial charge in [-0.1, -0.05) is 115 Å². The Labute approximate surface area is 317 Å². The van der Waals surface area contributed by atoms with Gasteiger partial charge in [-0.15, -0.1) is 0 Å². The second kappa shape index (κ2) is 13.0. The molecule has 0 saturated carbocycles. The van der Waals surface area contributed by atoms with Crippen LogP contribution in [0, 0.1) is 0 Å². The van der Waals surface area contributed by atoms with Crippen molar-refractivity contribution in [1.29, 1.82) is 0 Å². The van der Waals surface area contributed by atoms with E-state index in [1.807, 2.05) is 140 Å². The highest BCUT2D eigenvalue weighted by atomic mass is 16.1. The Bertz CT molecular complexity index is 2820. The number of fused-ring (bicyclic) bond motifs is 8. The van der Waals surface area contributed by atoms with Crippen molar-refractivity contribution in [2.45, 2.75) is 18.2 Å². The second-order valence-corrected chi connectivity index (χ2v) is 14.1. The van der Waals surface area contributed by atoms with E-state index in [-0.39, 0.29) is 5.78 Å². The Kier molecular flexibility index (Phi) is 8.03. The fourth-order valence-corrected chi connectivity index (χ4v) is 7.64. The fourth-order valence-electron chi connectivity index (χ4n) is 7.64. The lowest BCUT2D eigenvalue weighted by Gasteiger charge is -2.35. The van der Waals surface area contributed by atoms with Crippen LogP contribution >= 0.6 is 0 Å². The van der Waals surface area contributed by atoms with Crippen LogP contribution in [0.5, 0.6) is 0 Å². The molecule has 268 valence electrons. The first-order chi connectivity index (χ1) is 26.6. The number of nitrogens with one attached hydrogen (secondary N) is 2. The second-order valence-electron chi connectivity index (χ2n) is 14.1. The van der Waals surface area contributed by atoms with Crippen LogP contribution in [0.4, 0.5) is 0 Å². The molecule has 0 fully saturated rings. The van der Waals surface area contributed by atoms with E-state index in [2.05, 4.69) is 22.1 Å². The average molecular weight is 719 g/mol. The lowest BCUT2D eigenvalue weighted by atomic mass is 9.86. The first-order valence-electron chi connectivity index (χ1n) is 18.0. The van der Waals surface area contributed by atoms with Crippen LogP contribution in [0.25, 0.3) is 78.7 Å². The largest absolute Gasteiger partial charge is 0.354 e. The lowest BCUT2D eigenvalue weighted by Crippen LogP contribution is -2.69. The van der Waals surface area contributed by atoms with E-state index in [9.17, 15) is 4.79 Å². The fraction of sp³-hybridized carbons (Fsp3) is 0.0652. The predicted molar refractivity (Wildman–Crippen MR) is 222 cm³/mol. The number of hydrogen-bond donors (Lipinski definition) is 6. The van der Waals surface area contributed by atoms with Gasteiger partial charge in [0.15, 0.2) is 5.78 Å². The molecule has 0 atom stereocenters.